The highest BCUT2D eigenvalue weighted by atomic mass is 28.1. The molecule has 0 amide bonds. The van der Waals surface area contributed by atoms with Crippen molar-refractivity contribution < 1.29 is 13.5 Å². The highest BCUT2D eigenvalue weighted by Gasteiger charge is 2.29. The van der Waals surface area contributed by atoms with Gasteiger partial charge in [-0.15, -0.1) is 0 Å². The minimum Gasteiger partial charge on any atom is -0.487 e. The van der Waals surface area contributed by atoms with Crippen molar-refractivity contribution in [2.24, 2.45) is 10.9 Å². The van der Waals surface area contributed by atoms with E-state index >= 15 is 0 Å². The molecule has 6 heteroatoms. The Hall–Kier alpha value is -1.43. The van der Waals surface area contributed by atoms with Crippen LogP contribution in [-0.2, 0) is 0 Å². The van der Waals surface area contributed by atoms with Crippen molar-refractivity contribution >= 4 is 22.3 Å². The number of hydrogen-bond acceptors (Lipinski definition) is 2. The molecule has 0 fully saturated rings. The van der Waals surface area contributed by atoms with Crippen LogP contribution in [0.5, 0.6) is 5.75 Å². The second-order valence-electron chi connectivity index (χ2n) is 6.61. The van der Waals surface area contributed by atoms with Gasteiger partial charge in [0.25, 0.3) is 6.43 Å². The summed E-state index contributed by atoms with van der Waals surface area (Å²) >= 11 is 0. The highest BCUT2D eigenvalue weighted by molar-refractivity contribution is 6.08. The number of rotatable bonds is 8. The van der Waals surface area contributed by atoms with Gasteiger partial charge in [-0.05, 0) is 51.3 Å². The minimum atomic E-state index is -2.62. The molecule has 3 radical (unpaired) electrons. The molecule has 1 aromatic carbocycles. The van der Waals surface area contributed by atoms with Gasteiger partial charge in [0.15, 0.2) is 0 Å². The number of nitrogens with zero attached hydrogens (tertiary/aromatic N) is 2. The Morgan fingerprint density at radius 1 is 1.38 bits per heavy atom. The fraction of sp³-hybridized carbons (Fsp3) is 0.611. The topological polar surface area (TPSA) is 24.8 Å². The maximum Gasteiger partial charge on any atom is 0.267 e. The number of aliphatic imine (C=N–C) groups is 1. The SMILES string of the molecule is CCN(C)C=Nc1cc(C(F)F)c(OC(C)(C)C(C)C[Si])cc1C. The van der Waals surface area contributed by atoms with Gasteiger partial charge in [0, 0.05) is 23.8 Å². The minimum absolute atomic E-state index is 0.124. The van der Waals surface area contributed by atoms with Crippen LogP contribution in [0, 0.1) is 12.8 Å². The zero-order chi connectivity index (χ0) is 18.5. The van der Waals surface area contributed by atoms with E-state index in [2.05, 4.69) is 15.2 Å². The first kappa shape index (κ1) is 20.6. The van der Waals surface area contributed by atoms with E-state index in [9.17, 15) is 8.78 Å². The van der Waals surface area contributed by atoms with Crippen LogP contribution in [0.2, 0.25) is 6.04 Å². The van der Waals surface area contributed by atoms with E-state index in [0.717, 1.165) is 18.2 Å². The van der Waals surface area contributed by atoms with Crippen LogP contribution in [0.1, 0.15) is 45.2 Å². The van der Waals surface area contributed by atoms with Crippen molar-refractivity contribution in [1.29, 1.82) is 0 Å². The second kappa shape index (κ2) is 8.60. The summed E-state index contributed by atoms with van der Waals surface area (Å²) in [5, 5.41) is 0. The molecule has 1 aromatic rings. The molecule has 0 saturated carbocycles. The molecule has 1 atom stereocenters. The predicted molar refractivity (Wildman–Crippen MR) is 97.0 cm³/mol. The molecule has 0 aliphatic rings. The van der Waals surface area contributed by atoms with E-state index in [1.807, 2.05) is 46.6 Å². The van der Waals surface area contributed by atoms with Gasteiger partial charge in [-0.25, -0.2) is 13.8 Å². The Balaban J connectivity index is 3.23. The first-order valence-electron chi connectivity index (χ1n) is 8.13. The molecule has 133 valence electrons. The zero-order valence-electron chi connectivity index (χ0n) is 15.4. The summed E-state index contributed by atoms with van der Waals surface area (Å²) in [7, 11) is 5.36. The maximum atomic E-state index is 13.5. The quantitative estimate of drug-likeness (QED) is 0.376. The Morgan fingerprint density at radius 2 is 2.00 bits per heavy atom. The van der Waals surface area contributed by atoms with Gasteiger partial charge in [-0.2, -0.15) is 0 Å². The molecular weight excluding hydrogens is 326 g/mol. The van der Waals surface area contributed by atoms with E-state index in [0.29, 0.717) is 5.69 Å². The van der Waals surface area contributed by atoms with Gasteiger partial charge in [-0.3, -0.25) is 0 Å². The lowest BCUT2D eigenvalue weighted by Gasteiger charge is -2.33. The van der Waals surface area contributed by atoms with E-state index < -0.39 is 12.0 Å². The molecule has 0 heterocycles. The normalized spacial score (nSPS) is 13.6. The lowest BCUT2D eigenvalue weighted by Crippen LogP contribution is -2.36. The maximum absolute atomic E-state index is 13.5. The van der Waals surface area contributed by atoms with E-state index in [1.54, 1.807) is 12.4 Å². The number of halogens is 2. The van der Waals surface area contributed by atoms with Crippen LogP contribution in [0.15, 0.2) is 17.1 Å². The van der Waals surface area contributed by atoms with Crippen molar-refractivity contribution in [3.05, 3.63) is 23.3 Å². The Kier molecular flexibility index (Phi) is 7.39. The standard InChI is InChI=1S/C18H27F2N2OSi/c1-7-22(6)11-21-15-9-14(17(19)20)16(8-12(15)2)23-18(4,5)13(3)10-24/h8-9,11,13,17H,7,10H2,1-6H3. The smallest absolute Gasteiger partial charge is 0.267 e. The van der Waals surface area contributed by atoms with Crippen molar-refractivity contribution in [2.45, 2.75) is 52.7 Å². The molecule has 0 aromatic heterocycles. The first-order chi connectivity index (χ1) is 11.1. The van der Waals surface area contributed by atoms with Gasteiger partial charge in [0.2, 0.25) is 0 Å². The molecule has 1 rings (SSSR count). The van der Waals surface area contributed by atoms with Crippen LogP contribution in [-0.4, -0.2) is 40.7 Å². The summed E-state index contributed by atoms with van der Waals surface area (Å²) in [6.07, 6.45) is -0.970. The monoisotopic (exact) mass is 353 g/mol. The van der Waals surface area contributed by atoms with Gasteiger partial charge in [0.1, 0.15) is 11.4 Å². The molecule has 0 bridgehead atoms. The molecule has 0 spiro atoms. The first-order valence-corrected chi connectivity index (χ1v) is 8.83. The Morgan fingerprint density at radius 3 is 2.50 bits per heavy atom. The third kappa shape index (κ3) is 5.29. The van der Waals surface area contributed by atoms with Crippen molar-refractivity contribution in [1.82, 2.24) is 4.90 Å². The van der Waals surface area contributed by atoms with Crippen LogP contribution >= 0.6 is 0 Å². The lowest BCUT2D eigenvalue weighted by atomic mass is 9.94. The summed E-state index contributed by atoms with van der Waals surface area (Å²) in [5.41, 5.74) is 0.646. The number of hydrogen-bond donors (Lipinski definition) is 0. The average Bonchev–Trinajstić information content (AvgIpc) is 2.51. The summed E-state index contributed by atoms with van der Waals surface area (Å²) in [6, 6.07) is 3.80. The summed E-state index contributed by atoms with van der Waals surface area (Å²) in [6.45, 7) is 10.5. The number of alkyl halides is 2. The summed E-state index contributed by atoms with van der Waals surface area (Å²) in [5.74, 6) is 0.387. The summed E-state index contributed by atoms with van der Waals surface area (Å²) in [4.78, 5) is 6.19. The van der Waals surface area contributed by atoms with E-state index in [4.69, 9.17) is 4.74 Å². The van der Waals surface area contributed by atoms with Gasteiger partial charge in [0.05, 0.1) is 17.6 Å². The number of aryl methyl sites for hydroxylation is 1. The van der Waals surface area contributed by atoms with Gasteiger partial charge in [-0.1, -0.05) is 13.0 Å². The third-order valence-corrected chi connectivity index (χ3v) is 4.93. The molecule has 24 heavy (non-hydrogen) atoms. The van der Waals surface area contributed by atoms with Crippen molar-refractivity contribution in [2.75, 3.05) is 13.6 Å². The van der Waals surface area contributed by atoms with Gasteiger partial charge >= 0.3 is 0 Å². The van der Waals surface area contributed by atoms with E-state index in [1.165, 1.54) is 6.07 Å². The van der Waals surface area contributed by atoms with Crippen LogP contribution in [0.25, 0.3) is 0 Å². The Labute approximate surface area is 147 Å². The number of ether oxygens (including phenoxy) is 1. The van der Waals surface area contributed by atoms with E-state index in [-0.39, 0.29) is 17.2 Å². The van der Waals surface area contributed by atoms with Crippen LogP contribution < -0.4 is 4.74 Å². The number of benzene rings is 1. The second-order valence-corrected chi connectivity index (χ2v) is 7.01. The fourth-order valence-corrected chi connectivity index (χ4v) is 2.45. The molecule has 0 aliphatic carbocycles. The van der Waals surface area contributed by atoms with Crippen LogP contribution in [0.3, 0.4) is 0 Å². The molecule has 1 unspecified atom stereocenters. The van der Waals surface area contributed by atoms with Crippen LogP contribution in [0.4, 0.5) is 14.5 Å². The molecule has 3 nitrogen and oxygen atoms in total. The lowest BCUT2D eigenvalue weighted by molar-refractivity contribution is 0.0532. The highest BCUT2D eigenvalue weighted by Crippen LogP contribution is 2.38. The Bertz CT molecular complexity index is 576. The molecule has 0 aliphatic heterocycles. The van der Waals surface area contributed by atoms with Crippen molar-refractivity contribution in [3.8, 4) is 5.75 Å². The predicted octanol–water partition coefficient (Wildman–Crippen LogP) is 4.92. The van der Waals surface area contributed by atoms with Crippen molar-refractivity contribution in [3.63, 3.8) is 0 Å². The molecule has 0 N–H and O–H groups in total. The molecular formula is C18H27F2N2OSi. The zero-order valence-corrected chi connectivity index (χ0v) is 16.4. The summed E-state index contributed by atoms with van der Waals surface area (Å²) < 4.78 is 33.0. The third-order valence-electron chi connectivity index (χ3n) is 4.32. The largest absolute Gasteiger partial charge is 0.487 e. The van der Waals surface area contributed by atoms with Gasteiger partial charge < -0.3 is 9.64 Å². The average molecular weight is 354 g/mol. The fourth-order valence-electron chi connectivity index (χ4n) is 1.96. The molecule has 0 saturated heterocycles.